The lowest BCUT2D eigenvalue weighted by Crippen LogP contribution is -2.41. The molecule has 0 fully saturated rings. The Hall–Kier alpha value is -0.0400. The molecule has 2 atom stereocenters. The van der Waals surface area contributed by atoms with Crippen molar-refractivity contribution in [2.45, 2.75) is 188 Å². The summed E-state index contributed by atoms with van der Waals surface area (Å²) in [5, 5.41) is 0. The van der Waals surface area contributed by atoms with Crippen LogP contribution in [0.2, 0.25) is 0 Å². The monoisotopic (exact) mass is 452 g/mol. The van der Waals surface area contributed by atoms with Crippen molar-refractivity contribution >= 4 is 0 Å². The summed E-state index contributed by atoms with van der Waals surface area (Å²) in [6, 6.07) is 0.360. The van der Waals surface area contributed by atoms with E-state index in [2.05, 4.69) is 34.6 Å². The molecule has 1 heteroatoms. The summed E-state index contributed by atoms with van der Waals surface area (Å²) in [6.07, 6.45) is 32.5. The van der Waals surface area contributed by atoms with Gasteiger partial charge in [-0.05, 0) is 17.8 Å². The predicted molar refractivity (Wildman–Crippen MR) is 148 cm³/mol. The molecular weight excluding hydrogens is 386 g/mol. The topological polar surface area (TPSA) is 26.0 Å². The fourth-order valence-corrected chi connectivity index (χ4v) is 5.08. The molecule has 1 nitrogen and oxygen atoms in total. The molecule has 0 spiro atoms. The number of hydrogen-bond acceptors (Lipinski definition) is 1. The minimum Gasteiger partial charge on any atom is -0.327 e. The van der Waals surface area contributed by atoms with Gasteiger partial charge in [0.2, 0.25) is 0 Å². The first-order valence-electron chi connectivity index (χ1n) is 15.2. The van der Waals surface area contributed by atoms with E-state index in [-0.39, 0.29) is 5.41 Å². The van der Waals surface area contributed by atoms with Crippen molar-refractivity contribution in [3.05, 3.63) is 0 Å². The summed E-state index contributed by atoms with van der Waals surface area (Å²) >= 11 is 0. The maximum absolute atomic E-state index is 6.69. The minimum atomic E-state index is 0.276. The van der Waals surface area contributed by atoms with Crippen LogP contribution in [0.3, 0.4) is 0 Å². The van der Waals surface area contributed by atoms with E-state index >= 15 is 0 Å². The number of unbranched alkanes of at least 4 members (excludes halogenated alkanes) is 19. The molecule has 0 heterocycles. The number of rotatable bonds is 25. The van der Waals surface area contributed by atoms with E-state index in [9.17, 15) is 0 Å². The predicted octanol–water partition coefficient (Wildman–Crippen LogP) is 11.0. The van der Waals surface area contributed by atoms with E-state index < -0.39 is 0 Å². The van der Waals surface area contributed by atoms with Crippen molar-refractivity contribution in [1.29, 1.82) is 0 Å². The quantitative estimate of drug-likeness (QED) is 0.137. The highest BCUT2D eigenvalue weighted by Gasteiger charge is 2.31. The van der Waals surface area contributed by atoms with Gasteiger partial charge in [0.15, 0.2) is 0 Å². The molecule has 32 heavy (non-hydrogen) atoms. The van der Waals surface area contributed by atoms with Gasteiger partial charge in [-0.25, -0.2) is 0 Å². The summed E-state index contributed by atoms with van der Waals surface area (Å²) in [5.74, 6) is 0.736. The van der Waals surface area contributed by atoms with Gasteiger partial charge in [-0.15, -0.1) is 0 Å². The highest BCUT2D eigenvalue weighted by atomic mass is 14.7. The highest BCUT2D eigenvalue weighted by molar-refractivity contribution is 4.85. The SMILES string of the molecule is CCCCCCCCCCCCCCCC(N)C(C)(C)C(C)CCCCCCCCCC. The molecule has 0 radical (unpaired) electrons. The molecule has 0 aromatic rings. The third kappa shape index (κ3) is 18.4. The van der Waals surface area contributed by atoms with Gasteiger partial charge >= 0.3 is 0 Å². The summed E-state index contributed by atoms with van der Waals surface area (Å²) in [4.78, 5) is 0. The van der Waals surface area contributed by atoms with E-state index in [1.807, 2.05) is 0 Å². The first-order valence-corrected chi connectivity index (χ1v) is 15.2. The molecule has 2 unspecified atom stereocenters. The second-order valence-corrected chi connectivity index (χ2v) is 11.6. The molecule has 0 saturated carbocycles. The van der Waals surface area contributed by atoms with Gasteiger partial charge in [0.05, 0.1) is 0 Å². The lowest BCUT2D eigenvalue weighted by Gasteiger charge is -2.38. The van der Waals surface area contributed by atoms with Gasteiger partial charge in [-0.2, -0.15) is 0 Å². The Labute approximate surface area is 205 Å². The molecule has 0 aromatic carbocycles. The van der Waals surface area contributed by atoms with Gasteiger partial charge in [0, 0.05) is 6.04 Å². The van der Waals surface area contributed by atoms with Crippen LogP contribution in [0.25, 0.3) is 0 Å². The molecule has 0 aliphatic rings. The Morgan fingerprint density at radius 3 is 1.09 bits per heavy atom. The van der Waals surface area contributed by atoms with Gasteiger partial charge < -0.3 is 5.73 Å². The van der Waals surface area contributed by atoms with Gasteiger partial charge in [0.1, 0.15) is 0 Å². The van der Waals surface area contributed by atoms with E-state index in [1.165, 1.54) is 148 Å². The van der Waals surface area contributed by atoms with E-state index in [0.29, 0.717) is 6.04 Å². The molecule has 2 N–H and O–H groups in total. The lowest BCUT2D eigenvalue weighted by molar-refractivity contribution is 0.158. The van der Waals surface area contributed by atoms with Crippen LogP contribution in [0, 0.1) is 11.3 Å². The Morgan fingerprint density at radius 1 is 0.469 bits per heavy atom. The molecule has 0 aliphatic heterocycles. The maximum atomic E-state index is 6.69. The summed E-state index contributed by atoms with van der Waals surface area (Å²) in [7, 11) is 0. The van der Waals surface area contributed by atoms with Crippen molar-refractivity contribution < 1.29 is 0 Å². The molecule has 0 aromatic heterocycles. The Balaban J connectivity index is 3.61. The Kier molecular flexibility index (Phi) is 22.7. The molecule has 0 amide bonds. The Morgan fingerprint density at radius 2 is 0.750 bits per heavy atom. The number of hydrogen-bond donors (Lipinski definition) is 1. The lowest BCUT2D eigenvalue weighted by atomic mass is 9.71. The van der Waals surface area contributed by atoms with Crippen LogP contribution in [0.5, 0.6) is 0 Å². The molecule has 0 saturated heterocycles. The van der Waals surface area contributed by atoms with E-state index in [4.69, 9.17) is 5.73 Å². The summed E-state index contributed by atoms with van der Waals surface area (Å²) < 4.78 is 0. The molecule has 0 aliphatic carbocycles. The van der Waals surface area contributed by atoms with Crippen molar-refractivity contribution in [3.8, 4) is 0 Å². The largest absolute Gasteiger partial charge is 0.327 e. The normalized spacial score (nSPS) is 14.1. The van der Waals surface area contributed by atoms with Crippen molar-refractivity contribution in [2.24, 2.45) is 17.1 Å². The van der Waals surface area contributed by atoms with Gasteiger partial charge in [-0.1, -0.05) is 176 Å². The van der Waals surface area contributed by atoms with Crippen LogP contribution >= 0.6 is 0 Å². The standard InChI is InChI=1S/C31H65N/c1-6-8-10-12-14-16-17-18-19-20-22-24-26-28-30(32)31(4,5)29(3)27-25-23-21-15-13-11-9-7-2/h29-30H,6-28,32H2,1-5H3. The van der Waals surface area contributed by atoms with Crippen molar-refractivity contribution in [3.63, 3.8) is 0 Å². The zero-order valence-electron chi connectivity index (χ0n) is 23.5. The van der Waals surface area contributed by atoms with Crippen LogP contribution in [-0.4, -0.2) is 6.04 Å². The molecule has 0 bridgehead atoms. The van der Waals surface area contributed by atoms with Crippen LogP contribution in [0.15, 0.2) is 0 Å². The second kappa shape index (κ2) is 22.7. The highest BCUT2D eigenvalue weighted by Crippen LogP contribution is 2.35. The molecular formula is C31H65N. The van der Waals surface area contributed by atoms with Crippen molar-refractivity contribution in [1.82, 2.24) is 0 Å². The average molecular weight is 452 g/mol. The smallest absolute Gasteiger partial charge is 0.00928 e. The van der Waals surface area contributed by atoms with Crippen LogP contribution in [0.1, 0.15) is 182 Å². The average Bonchev–Trinajstić information content (AvgIpc) is 2.78. The third-order valence-electron chi connectivity index (χ3n) is 8.34. The second-order valence-electron chi connectivity index (χ2n) is 11.6. The summed E-state index contributed by atoms with van der Waals surface area (Å²) in [6.45, 7) is 11.9. The van der Waals surface area contributed by atoms with Gasteiger partial charge in [-0.3, -0.25) is 0 Å². The van der Waals surface area contributed by atoms with Crippen molar-refractivity contribution in [2.75, 3.05) is 0 Å². The van der Waals surface area contributed by atoms with Crippen LogP contribution in [-0.2, 0) is 0 Å². The molecule has 194 valence electrons. The van der Waals surface area contributed by atoms with Crippen LogP contribution < -0.4 is 5.73 Å². The zero-order valence-corrected chi connectivity index (χ0v) is 23.5. The van der Waals surface area contributed by atoms with E-state index in [0.717, 1.165) is 5.92 Å². The first kappa shape index (κ1) is 32.0. The van der Waals surface area contributed by atoms with Gasteiger partial charge in [0.25, 0.3) is 0 Å². The fraction of sp³-hybridized carbons (Fsp3) is 1.00. The van der Waals surface area contributed by atoms with Crippen LogP contribution in [0.4, 0.5) is 0 Å². The fourth-order valence-electron chi connectivity index (χ4n) is 5.08. The van der Waals surface area contributed by atoms with E-state index in [1.54, 1.807) is 0 Å². The number of nitrogens with two attached hydrogens (primary N) is 1. The Bertz CT molecular complexity index is 361. The minimum absolute atomic E-state index is 0.276. The molecule has 0 rings (SSSR count). The third-order valence-corrected chi connectivity index (χ3v) is 8.34. The maximum Gasteiger partial charge on any atom is 0.00928 e. The first-order chi connectivity index (χ1) is 15.5. The zero-order chi connectivity index (χ0) is 23.9. The summed E-state index contributed by atoms with van der Waals surface area (Å²) in [5.41, 5.74) is 6.97.